The van der Waals surface area contributed by atoms with Crippen LogP contribution in [-0.4, -0.2) is 39.6 Å². The number of aromatic nitrogens is 3. The molecule has 1 atom stereocenters. The molecule has 0 aliphatic heterocycles. The summed E-state index contributed by atoms with van der Waals surface area (Å²) in [5.41, 5.74) is 0.171. The molecule has 0 fully saturated rings. The molecule has 49 heavy (non-hydrogen) atoms. The van der Waals surface area contributed by atoms with Gasteiger partial charge in [0.2, 0.25) is 0 Å². The van der Waals surface area contributed by atoms with Crippen LogP contribution in [0.3, 0.4) is 0 Å². The van der Waals surface area contributed by atoms with E-state index in [9.17, 15) is 32.8 Å². The molecule has 0 saturated carbocycles. The van der Waals surface area contributed by atoms with Crippen LogP contribution in [0.15, 0.2) is 90.1 Å². The van der Waals surface area contributed by atoms with Gasteiger partial charge in [-0.3, -0.25) is 9.59 Å². The number of aryl methyl sites for hydroxylation is 2. The number of nitrogens with zero attached hydrogens (tertiary/aromatic N) is 3. The summed E-state index contributed by atoms with van der Waals surface area (Å²) in [4.78, 5) is 45.6. The van der Waals surface area contributed by atoms with Crippen molar-refractivity contribution in [3.8, 4) is 28.8 Å². The van der Waals surface area contributed by atoms with Gasteiger partial charge in [-0.05, 0) is 79.1 Å². The first-order valence-corrected chi connectivity index (χ1v) is 14.9. The Hall–Kier alpha value is -6.16. The van der Waals surface area contributed by atoms with Gasteiger partial charge in [0.15, 0.2) is 0 Å². The van der Waals surface area contributed by atoms with E-state index in [0.717, 1.165) is 21.8 Å². The summed E-state index contributed by atoms with van der Waals surface area (Å²) in [7, 11) is 1.21. The predicted octanol–water partition coefficient (Wildman–Crippen LogP) is 6.10. The summed E-state index contributed by atoms with van der Waals surface area (Å²) >= 11 is 0. The molecule has 5 rings (SSSR count). The fourth-order valence-electron chi connectivity index (χ4n) is 5.29. The van der Waals surface area contributed by atoms with Crippen molar-refractivity contribution in [3.05, 3.63) is 135 Å². The van der Waals surface area contributed by atoms with Crippen LogP contribution in [0.25, 0.3) is 11.3 Å². The number of methoxy groups -OCH3 is 1. The van der Waals surface area contributed by atoms with E-state index >= 15 is 0 Å². The molecule has 2 heterocycles. The smallest absolute Gasteiger partial charge is 0.417 e. The molecule has 5 aromatic rings. The Kier molecular flexibility index (Phi) is 9.98. The first-order valence-electron chi connectivity index (χ1n) is 14.9. The summed E-state index contributed by atoms with van der Waals surface area (Å²) in [5, 5.41) is 12.2. The number of nitrogens with one attached hydrogen (secondary N) is 2. The number of pyridine rings is 1. The van der Waals surface area contributed by atoms with Crippen molar-refractivity contribution in [1.29, 1.82) is 5.26 Å². The second-order valence-corrected chi connectivity index (χ2v) is 11.2. The molecule has 0 aliphatic rings. The van der Waals surface area contributed by atoms with Gasteiger partial charge in [-0.15, -0.1) is 0 Å². The van der Waals surface area contributed by atoms with Crippen LogP contribution in [0, 0.1) is 25.2 Å². The molecule has 0 bridgehead atoms. The zero-order chi connectivity index (χ0) is 35.3. The third kappa shape index (κ3) is 7.87. The number of carbonyl (C=O) groups excluding carboxylic acids is 2. The number of aromatic amines is 1. The number of halogens is 3. The Morgan fingerprint density at radius 1 is 1.04 bits per heavy atom. The standard InChI is InChI=1S/C36H30F3N5O5/c1-21-7-8-25(22(2)13-21)19-44-32(16-30(36(37,38)39)29(17-40)34(44)46)23-9-11-27(12-10-23)49-28-6-4-5-24(14-28)33(45)43-31(35(47)48-3)15-26-18-41-20-42-26/h4-14,16,18,20,31H,15,19H2,1-3H3,(H,41,42)(H,43,45). The fraction of sp³-hybridized carbons (Fsp3) is 0.194. The van der Waals surface area contributed by atoms with E-state index in [1.54, 1.807) is 24.4 Å². The summed E-state index contributed by atoms with van der Waals surface area (Å²) < 4.78 is 54.0. The van der Waals surface area contributed by atoms with Gasteiger partial charge in [0.05, 0.1) is 36.9 Å². The predicted molar refractivity (Wildman–Crippen MR) is 173 cm³/mol. The number of hydrogen-bond acceptors (Lipinski definition) is 7. The lowest BCUT2D eigenvalue weighted by molar-refractivity contribution is -0.143. The summed E-state index contributed by atoms with van der Waals surface area (Å²) in [6.07, 6.45) is -1.78. The Morgan fingerprint density at radius 3 is 2.43 bits per heavy atom. The molecular formula is C36H30F3N5O5. The van der Waals surface area contributed by atoms with Crippen LogP contribution >= 0.6 is 0 Å². The SMILES string of the molecule is COC(=O)C(Cc1c[nH]cn1)NC(=O)c1cccc(Oc2ccc(-c3cc(C(F)(F)F)c(C#N)c(=O)n3Cc3ccc(C)cc3C)cc2)c1. The molecule has 2 aromatic heterocycles. The second-order valence-electron chi connectivity index (χ2n) is 11.2. The topological polar surface area (TPSA) is 139 Å². The molecule has 3 aromatic carbocycles. The zero-order valence-corrected chi connectivity index (χ0v) is 26.6. The third-order valence-electron chi connectivity index (χ3n) is 7.79. The second kappa shape index (κ2) is 14.3. The van der Waals surface area contributed by atoms with Gasteiger partial charge in [-0.2, -0.15) is 18.4 Å². The van der Waals surface area contributed by atoms with Gasteiger partial charge < -0.3 is 24.3 Å². The number of benzene rings is 3. The van der Waals surface area contributed by atoms with Crippen LogP contribution in [0.5, 0.6) is 11.5 Å². The number of hydrogen-bond donors (Lipinski definition) is 2. The Morgan fingerprint density at radius 2 is 1.80 bits per heavy atom. The molecule has 2 N–H and O–H groups in total. The van der Waals surface area contributed by atoms with Crippen molar-refractivity contribution in [2.75, 3.05) is 7.11 Å². The Bertz CT molecular complexity index is 2100. The molecule has 13 heteroatoms. The molecule has 0 radical (unpaired) electrons. The van der Waals surface area contributed by atoms with Crippen LogP contribution in [0.1, 0.15) is 43.9 Å². The van der Waals surface area contributed by atoms with Crippen molar-refractivity contribution in [2.24, 2.45) is 0 Å². The van der Waals surface area contributed by atoms with Crippen LogP contribution in [0.2, 0.25) is 0 Å². The Labute approximate surface area is 278 Å². The maximum atomic E-state index is 14.0. The van der Waals surface area contributed by atoms with Crippen molar-refractivity contribution >= 4 is 11.9 Å². The van der Waals surface area contributed by atoms with Crippen LogP contribution < -0.4 is 15.6 Å². The molecule has 1 unspecified atom stereocenters. The molecule has 1 amide bonds. The molecule has 0 spiro atoms. The fourth-order valence-corrected chi connectivity index (χ4v) is 5.29. The van der Waals surface area contributed by atoms with E-state index in [1.165, 1.54) is 55.9 Å². The molecule has 250 valence electrons. The first-order chi connectivity index (χ1) is 23.4. The van der Waals surface area contributed by atoms with Gasteiger partial charge in [0.1, 0.15) is 29.2 Å². The van der Waals surface area contributed by atoms with E-state index in [-0.39, 0.29) is 35.5 Å². The van der Waals surface area contributed by atoms with Gasteiger partial charge >= 0.3 is 12.1 Å². The van der Waals surface area contributed by atoms with Crippen molar-refractivity contribution in [2.45, 2.75) is 39.0 Å². The summed E-state index contributed by atoms with van der Waals surface area (Å²) in [5.74, 6) is -0.644. The zero-order valence-electron chi connectivity index (χ0n) is 26.6. The number of esters is 1. The number of ether oxygens (including phenoxy) is 2. The van der Waals surface area contributed by atoms with E-state index in [0.29, 0.717) is 17.0 Å². The minimum atomic E-state index is -4.94. The van der Waals surface area contributed by atoms with E-state index in [1.807, 2.05) is 26.0 Å². The van der Waals surface area contributed by atoms with Crippen molar-refractivity contribution < 1.29 is 32.2 Å². The largest absolute Gasteiger partial charge is 0.467 e. The molecular weight excluding hydrogens is 639 g/mol. The highest BCUT2D eigenvalue weighted by atomic mass is 19.4. The maximum absolute atomic E-state index is 14.0. The molecule has 0 saturated heterocycles. The number of carbonyl (C=O) groups is 2. The maximum Gasteiger partial charge on any atom is 0.417 e. The Balaban J connectivity index is 1.42. The number of alkyl halides is 3. The highest BCUT2D eigenvalue weighted by Gasteiger charge is 2.36. The number of rotatable bonds is 10. The highest BCUT2D eigenvalue weighted by molar-refractivity contribution is 5.97. The van der Waals surface area contributed by atoms with Crippen LogP contribution in [0.4, 0.5) is 13.2 Å². The van der Waals surface area contributed by atoms with Crippen molar-refractivity contribution in [1.82, 2.24) is 19.9 Å². The van der Waals surface area contributed by atoms with Crippen molar-refractivity contribution in [3.63, 3.8) is 0 Å². The lowest BCUT2D eigenvalue weighted by Crippen LogP contribution is -2.43. The average Bonchev–Trinajstić information content (AvgIpc) is 3.59. The number of nitriles is 1. The van der Waals surface area contributed by atoms with Gasteiger partial charge in [0, 0.05) is 18.2 Å². The van der Waals surface area contributed by atoms with E-state index in [2.05, 4.69) is 15.3 Å². The van der Waals surface area contributed by atoms with E-state index < -0.39 is 40.8 Å². The average molecular weight is 670 g/mol. The third-order valence-corrected chi connectivity index (χ3v) is 7.79. The first kappa shape index (κ1) is 34.2. The molecule has 10 nitrogen and oxygen atoms in total. The summed E-state index contributed by atoms with van der Waals surface area (Å²) in [6, 6.07) is 19.0. The van der Waals surface area contributed by atoms with Crippen LogP contribution in [-0.2, 0) is 28.7 Å². The van der Waals surface area contributed by atoms with Gasteiger partial charge in [-0.1, -0.05) is 29.8 Å². The quantitative estimate of drug-likeness (QED) is 0.171. The van der Waals surface area contributed by atoms with E-state index in [4.69, 9.17) is 9.47 Å². The molecule has 0 aliphatic carbocycles. The minimum Gasteiger partial charge on any atom is -0.467 e. The normalized spacial score (nSPS) is 11.8. The number of amides is 1. The van der Waals surface area contributed by atoms with Gasteiger partial charge in [0.25, 0.3) is 11.5 Å². The lowest BCUT2D eigenvalue weighted by Gasteiger charge is -2.19. The highest BCUT2D eigenvalue weighted by Crippen LogP contribution is 2.34. The summed E-state index contributed by atoms with van der Waals surface area (Å²) in [6.45, 7) is 3.68. The van der Waals surface area contributed by atoms with Gasteiger partial charge in [-0.25, -0.2) is 9.78 Å². The number of imidazole rings is 1. The lowest BCUT2D eigenvalue weighted by atomic mass is 10.0. The monoisotopic (exact) mass is 669 g/mol. The number of H-pyrrole nitrogens is 1. The minimum absolute atomic E-state index is 0.0310.